The maximum atomic E-state index is 10.8. The van der Waals surface area contributed by atoms with Crippen molar-refractivity contribution in [1.29, 1.82) is 0 Å². The molecule has 108 valence electrons. The average molecular weight is 323 g/mol. The van der Waals surface area contributed by atoms with Gasteiger partial charge in [0.2, 0.25) is 6.79 Å². The Hall–Kier alpha value is -1.85. The fourth-order valence-electron chi connectivity index (χ4n) is 1.96. The van der Waals surface area contributed by atoms with Crippen LogP contribution in [-0.4, -0.2) is 17.9 Å². The van der Waals surface area contributed by atoms with Gasteiger partial charge in [-0.15, -0.1) is 11.8 Å². The van der Waals surface area contributed by atoms with Gasteiger partial charge in [-0.3, -0.25) is 0 Å². The van der Waals surface area contributed by atoms with Crippen LogP contribution >= 0.6 is 23.4 Å². The number of carboxylic acids is 1. The lowest BCUT2D eigenvalue weighted by Gasteiger charge is -2.05. The van der Waals surface area contributed by atoms with Crippen LogP contribution in [0.3, 0.4) is 0 Å². The minimum absolute atomic E-state index is 0.197. The van der Waals surface area contributed by atoms with Crippen LogP contribution in [0.4, 0.5) is 0 Å². The van der Waals surface area contributed by atoms with E-state index in [9.17, 15) is 4.79 Å². The minimum atomic E-state index is -0.922. The molecule has 0 spiro atoms. The van der Waals surface area contributed by atoms with Gasteiger partial charge in [0.25, 0.3) is 0 Å². The number of benzene rings is 2. The Balaban J connectivity index is 1.70. The summed E-state index contributed by atoms with van der Waals surface area (Å²) in [5.41, 5.74) is 1.31. The third-order valence-electron chi connectivity index (χ3n) is 2.99. The lowest BCUT2D eigenvalue weighted by Crippen LogP contribution is -1.94. The van der Waals surface area contributed by atoms with E-state index in [0.29, 0.717) is 22.3 Å². The molecule has 0 aliphatic carbocycles. The SMILES string of the molecule is O=C(O)c1ccc(SCc2cc(Cl)c3c(c2)OCO3)cc1. The molecule has 1 N–H and O–H groups in total. The van der Waals surface area contributed by atoms with Crippen molar-refractivity contribution in [3.05, 3.63) is 52.5 Å². The topological polar surface area (TPSA) is 55.8 Å². The molecule has 0 saturated heterocycles. The molecule has 2 aromatic rings. The normalized spacial score (nSPS) is 12.4. The van der Waals surface area contributed by atoms with Crippen LogP contribution in [-0.2, 0) is 5.75 Å². The summed E-state index contributed by atoms with van der Waals surface area (Å²) in [6, 6.07) is 10.5. The van der Waals surface area contributed by atoms with Crippen LogP contribution in [0.15, 0.2) is 41.3 Å². The maximum absolute atomic E-state index is 10.8. The summed E-state index contributed by atoms with van der Waals surface area (Å²) in [6.45, 7) is 0.197. The molecule has 3 rings (SSSR count). The van der Waals surface area contributed by atoms with Crippen LogP contribution in [0.2, 0.25) is 5.02 Å². The molecule has 0 saturated carbocycles. The van der Waals surface area contributed by atoms with Crippen molar-refractivity contribution in [1.82, 2.24) is 0 Å². The first-order valence-corrected chi connectivity index (χ1v) is 7.54. The molecular formula is C15H11ClO4S. The first kappa shape index (κ1) is 14.1. The van der Waals surface area contributed by atoms with Crippen molar-refractivity contribution in [3.8, 4) is 11.5 Å². The number of fused-ring (bicyclic) bond motifs is 1. The van der Waals surface area contributed by atoms with Gasteiger partial charge in [-0.25, -0.2) is 4.79 Å². The Morgan fingerprint density at radius 1 is 1.24 bits per heavy atom. The molecule has 0 aromatic heterocycles. The standard InChI is InChI=1S/C15H11ClO4S/c16-12-5-9(6-13-14(12)20-8-19-13)7-21-11-3-1-10(2-4-11)15(17)18/h1-6H,7-8H2,(H,17,18). The van der Waals surface area contributed by atoms with E-state index in [2.05, 4.69) is 0 Å². The van der Waals surface area contributed by atoms with E-state index in [-0.39, 0.29) is 12.4 Å². The molecule has 0 amide bonds. The summed E-state index contributed by atoms with van der Waals surface area (Å²) in [6.07, 6.45) is 0. The van der Waals surface area contributed by atoms with E-state index >= 15 is 0 Å². The van der Waals surface area contributed by atoms with E-state index in [0.717, 1.165) is 10.5 Å². The zero-order valence-corrected chi connectivity index (χ0v) is 12.4. The van der Waals surface area contributed by atoms with E-state index in [1.54, 1.807) is 36.0 Å². The molecule has 21 heavy (non-hydrogen) atoms. The summed E-state index contributed by atoms with van der Waals surface area (Å²) < 4.78 is 10.6. The number of carboxylic acid groups (broad SMARTS) is 1. The summed E-state index contributed by atoms with van der Waals surface area (Å²) in [5, 5.41) is 9.40. The van der Waals surface area contributed by atoms with Gasteiger partial charge >= 0.3 is 5.97 Å². The molecule has 1 heterocycles. The van der Waals surface area contributed by atoms with Crippen LogP contribution in [0, 0.1) is 0 Å². The summed E-state index contributed by atoms with van der Waals surface area (Å²) in [5.74, 6) is 1.05. The van der Waals surface area contributed by atoms with Crippen molar-refractivity contribution >= 4 is 29.3 Å². The molecule has 0 atom stereocenters. The Morgan fingerprint density at radius 2 is 2.00 bits per heavy atom. The van der Waals surface area contributed by atoms with Gasteiger partial charge in [-0.1, -0.05) is 11.6 Å². The second kappa shape index (κ2) is 5.87. The van der Waals surface area contributed by atoms with Gasteiger partial charge in [0, 0.05) is 10.6 Å². The number of hydrogen-bond acceptors (Lipinski definition) is 4. The third kappa shape index (κ3) is 3.09. The summed E-state index contributed by atoms with van der Waals surface area (Å²) in [4.78, 5) is 11.8. The maximum Gasteiger partial charge on any atom is 0.335 e. The van der Waals surface area contributed by atoms with Crippen molar-refractivity contribution in [2.75, 3.05) is 6.79 Å². The van der Waals surface area contributed by atoms with Crippen molar-refractivity contribution < 1.29 is 19.4 Å². The second-order valence-electron chi connectivity index (χ2n) is 4.43. The Labute approximate surface area is 130 Å². The number of carbonyl (C=O) groups is 1. The lowest BCUT2D eigenvalue weighted by molar-refractivity contribution is 0.0697. The third-order valence-corrected chi connectivity index (χ3v) is 4.36. The predicted octanol–water partition coefficient (Wildman–Crippen LogP) is 4.06. The molecule has 0 radical (unpaired) electrons. The Morgan fingerprint density at radius 3 is 2.71 bits per heavy atom. The zero-order valence-electron chi connectivity index (χ0n) is 10.8. The van der Waals surface area contributed by atoms with Crippen molar-refractivity contribution in [2.24, 2.45) is 0 Å². The Kier molecular flexibility index (Phi) is 3.94. The van der Waals surface area contributed by atoms with Gasteiger partial charge in [-0.05, 0) is 42.0 Å². The fraction of sp³-hybridized carbons (Fsp3) is 0.133. The van der Waals surface area contributed by atoms with Crippen molar-refractivity contribution in [2.45, 2.75) is 10.6 Å². The Bertz CT molecular complexity index is 685. The highest BCUT2D eigenvalue weighted by molar-refractivity contribution is 7.98. The number of thioether (sulfide) groups is 1. The molecule has 6 heteroatoms. The summed E-state index contributed by atoms with van der Waals surface area (Å²) >= 11 is 7.73. The number of ether oxygens (including phenoxy) is 2. The molecule has 2 aromatic carbocycles. The summed E-state index contributed by atoms with van der Waals surface area (Å²) in [7, 11) is 0. The number of rotatable bonds is 4. The predicted molar refractivity (Wildman–Crippen MR) is 80.5 cm³/mol. The van der Waals surface area contributed by atoms with E-state index in [4.69, 9.17) is 26.2 Å². The van der Waals surface area contributed by atoms with Gasteiger partial charge in [-0.2, -0.15) is 0 Å². The van der Waals surface area contributed by atoms with Crippen molar-refractivity contribution in [3.63, 3.8) is 0 Å². The fourth-order valence-corrected chi connectivity index (χ4v) is 3.08. The zero-order chi connectivity index (χ0) is 14.8. The second-order valence-corrected chi connectivity index (χ2v) is 5.89. The first-order chi connectivity index (χ1) is 10.1. The minimum Gasteiger partial charge on any atom is -0.478 e. The van der Waals surface area contributed by atoms with E-state index < -0.39 is 5.97 Å². The number of halogens is 1. The molecule has 1 aliphatic heterocycles. The van der Waals surface area contributed by atoms with E-state index in [1.165, 1.54) is 0 Å². The molecule has 0 unspecified atom stereocenters. The molecular weight excluding hydrogens is 312 g/mol. The first-order valence-electron chi connectivity index (χ1n) is 6.17. The highest BCUT2D eigenvalue weighted by atomic mass is 35.5. The molecule has 1 aliphatic rings. The number of aromatic carboxylic acids is 1. The van der Waals surface area contributed by atoms with Gasteiger partial charge in [0.1, 0.15) is 0 Å². The quantitative estimate of drug-likeness (QED) is 0.860. The van der Waals surface area contributed by atoms with Gasteiger partial charge in [0.05, 0.1) is 10.6 Å². The van der Waals surface area contributed by atoms with Crippen LogP contribution in [0.5, 0.6) is 11.5 Å². The molecule has 4 nitrogen and oxygen atoms in total. The smallest absolute Gasteiger partial charge is 0.335 e. The lowest BCUT2D eigenvalue weighted by atomic mass is 10.2. The van der Waals surface area contributed by atoms with Gasteiger partial charge in [0.15, 0.2) is 11.5 Å². The van der Waals surface area contributed by atoms with Crippen LogP contribution < -0.4 is 9.47 Å². The molecule has 0 bridgehead atoms. The highest BCUT2D eigenvalue weighted by Crippen LogP contribution is 2.40. The van der Waals surface area contributed by atoms with E-state index in [1.807, 2.05) is 12.1 Å². The number of hydrogen-bond donors (Lipinski definition) is 1. The highest BCUT2D eigenvalue weighted by Gasteiger charge is 2.18. The monoisotopic (exact) mass is 322 g/mol. The average Bonchev–Trinajstić information content (AvgIpc) is 2.94. The molecule has 0 fully saturated rings. The van der Waals surface area contributed by atoms with Gasteiger partial charge < -0.3 is 14.6 Å². The largest absolute Gasteiger partial charge is 0.478 e. The van der Waals surface area contributed by atoms with Crippen LogP contribution in [0.1, 0.15) is 15.9 Å². The van der Waals surface area contributed by atoms with Crippen LogP contribution in [0.25, 0.3) is 0 Å².